The first-order valence-electron chi connectivity index (χ1n) is 10.8. The van der Waals surface area contributed by atoms with Crippen molar-refractivity contribution in [3.8, 4) is 5.69 Å². The van der Waals surface area contributed by atoms with E-state index in [9.17, 15) is 9.59 Å². The molecule has 2 aromatic carbocycles. The highest BCUT2D eigenvalue weighted by molar-refractivity contribution is 7.17. The first-order chi connectivity index (χ1) is 15.7. The first kappa shape index (κ1) is 20.5. The zero-order chi connectivity index (χ0) is 21.9. The molecule has 0 spiro atoms. The molecule has 162 valence electrons. The number of nitrogens with zero attached hydrogens (tertiary/aromatic N) is 3. The number of hydrogen-bond donors (Lipinski definition) is 1. The van der Waals surface area contributed by atoms with E-state index in [0.29, 0.717) is 30.3 Å². The van der Waals surface area contributed by atoms with Crippen molar-refractivity contribution in [2.75, 3.05) is 18.0 Å². The molecule has 4 aromatic rings. The average molecular weight is 445 g/mol. The van der Waals surface area contributed by atoms with Gasteiger partial charge in [-0.3, -0.25) is 9.59 Å². The van der Waals surface area contributed by atoms with Crippen LogP contribution in [0.4, 0.5) is 5.95 Å². The van der Waals surface area contributed by atoms with E-state index in [4.69, 9.17) is 4.98 Å². The zero-order valence-electron chi connectivity index (χ0n) is 17.6. The molecular formula is C25H24N4O2S. The summed E-state index contributed by atoms with van der Waals surface area (Å²) >= 11 is 1.42. The predicted molar refractivity (Wildman–Crippen MR) is 128 cm³/mol. The lowest BCUT2D eigenvalue weighted by molar-refractivity contribution is -0.125. The van der Waals surface area contributed by atoms with E-state index >= 15 is 0 Å². The first-order valence-corrected chi connectivity index (χ1v) is 11.7. The van der Waals surface area contributed by atoms with Gasteiger partial charge < -0.3 is 10.2 Å². The summed E-state index contributed by atoms with van der Waals surface area (Å²) in [7, 11) is 0. The molecule has 6 nitrogen and oxygen atoms in total. The molecule has 32 heavy (non-hydrogen) atoms. The van der Waals surface area contributed by atoms with Crippen molar-refractivity contribution in [2.45, 2.75) is 19.4 Å². The molecule has 7 heteroatoms. The Morgan fingerprint density at radius 2 is 1.69 bits per heavy atom. The molecule has 1 N–H and O–H groups in total. The van der Waals surface area contributed by atoms with Gasteiger partial charge in [-0.15, -0.1) is 11.3 Å². The van der Waals surface area contributed by atoms with Gasteiger partial charge in [0.15, 0.2) is 0 Å². The van der Waals surface area contributed by atoms with Crippen LogP contribution in [0.15, 0.2) is 76.9 Å². The van der Waals surface area contributed by atoms with Crippen LogP contribution < -0.4 is 15.8 Å². The largest absolute Gasteiger partial charge is 0.352 e. The second-order valence-electron chi connectivity index (χ2n) is 7.99. The molecule has 0 aliphatic carbocycles. The lowest BCUT2D eigenvalue weighted by Gasteiger charge is -2.33. The second-order valence-corrected chi connectivity index (χ2v) is 8.90. The predicted octanol–water partition coefficient (Wildman–Crippen LogP) is 3.98. The van der Waals surface area contributed by atoms with E-state index in [-0.39, 0.29) is 17.4 Å². The van der Waals surface area contributed by atoms with E-state index < -0.39 is 0 Å². The maximum atomic E-state index is 13.3. The van der Waals surface area contributed by atoms with Gasteiger partial charge in [-0.25, -0.2) is 9.55 Å². The molecule has 1 amide bonds. The van der Waals surface area contributed by atoms with Gasteiger partial charge in [0.2, 0.25) is 11.9 Å². The molecule has 5 rings (SSSR count). The fourth-order valence-electron chi connectivity index (χ4n) is 4.19. The Bertz CT molecular complexity index is 1280. The van der Waals surface area contributed by atoms with Gasteiger partial charge in [-0.1, -0.05) is 48.5 Å². The third-order valence-electron chi connectivity index (χ3n) is 5.93. The van der Waals surface area contributed by atoms with E-state index in [2.05, 4.69) is 10.2 Å². The second kappa shape index (κ2) is 8.96. The summed E-state index contributed by atoms with van der Waals surface area (Å²) in [5, 5.41) is 4.97. The van der Waals surface area contributed by atoms with Gasteiger partial charge in [0.1, 0.15) is 4.70 Å². The van der Waals surface area contributed by atoms with Crippen molar-refractivity contribution in [2.24, 2.45) is 5.92 Å². The van der Waals surface area contributed by atoms with Crippen LogP contribution >= 0.6 is 11.3 Å². The Balaban J connectivity index is 1.35. The number of rotatable bonds is 5. The maximum Gasteiger partial charge on any atom is 0.277 e. The number of aromatic nitrogens is 2. The Kier molecular flexibility index (Phi) is 5.73. The minimum Gasteiger partial charge on any atom is -0.352 e. The van der Waals surface area contributed by atoms with Gasteiger partial charge in [-0.05, 0) is 42.0 Å². The number of para-hydroxylation sites is 1. The lowest BCUT2D eigenvalue weighted by Crippen LogP contribution is -2.42. The zero-order valence-corrected chi connectivity index (χ0v) is 18.4. The van der Waals surface area contributed by atoms with E-state index in [1.807, 2.05) is 72.1 Å². The van der Waals surface area contributed by atoms with Crippen LogP contribution in [0, 0.1) is 5.92 Å². The van der Waals surface area contributed by atoms with Crippen molar-refractivity contribution in [1.29, 1.82) is 0 Å². The van der Waals surface area contributed by atoms with Crippen LogP contribution in [0.25, 0.3) is 15.9 Å². The number of thiophene rings is 1. The molecule has 1 saturated heterocycles. The summed E-state index contributed by atoms with van der Waals surface area (Å²) in [5.41, 5.74) is 2.58. The quantitative estimate of drug-likeness (QED) is 0.506. The van der Waals surface area contributed by atoms with Crippen LogP contribution in [-0.2, 0) is 11.3 Å². The summed E-state index contributed by atoms with van der Waals surface area (Å²) in [5.74, 6) is 0.710. The Labute approximate surface area is 190 Å². The topological polar surface area (TPSA) is 67.2 Å². The van der Waals surface area contributed by atoms with E-state index in [1.54, 1.807) is 4.57 Å². The van der Waals surface area contributed by atoms with E-state index in [1.165, 1.54) is 11.3 Å². The minimum absolute atomic E-state index is 0.0308. The highest BCUT2D eigenvalue weighted by atomic mass is 32.1. The van der Waals surface area contributed by atoms with Crippen molar-refractivity contribution in [3.05, 3.63) is 88.0 Å². The van der Waals surface area contributed by atoms with Crippen LogP contribution in [-0.4, -0.2) is 28.5 Å². The van der Waals surface area contributed by atoms with Crippen molar-refractivity contribution in [1.82, 2.24) is 14.9 Å². The summed E-state index contributed by atoms with van der Waals surface area (Å²) in [6.07, 6.45) is 1.46. The van der Waals surface area contributed by atoms with Gasteiger partial charge in [0.05, 0.1) is 11.2 Å². The lowest BCUT2D eigenvalue weighted by atomic mass is 9.96. The SMILES string of the molecule is O=C(NCc1ccccc1)C1CCN(c2nc3ccsc3c(=O)n2-c2ccccc2)CC1. The van der Waals surface area contributed by atoms with Crippen LogP contribution in [0.3, 0.4) is 0 Å². The fourth-order valence-corrected chi connectivity index (χ4v) is 4.95. The molecular weight excluding hydrogens is 420 g/mol. The summed E-state index contributed by atoms with van der Waals surface area (Å²) in [4.78, 5) is 33.0. The van der Waals surface area contributed by atoms with Gasteiger partial charge in [-0.2, -0.15) is 0 Å². The summed E-state index contributed by atoms with van der Waals surface area (Å²) in [6.45, 7) is 1.90. The number of carbonyl (C=O) groups excluding carboxylic acids is 1. The van der Waals surface area contributed by atoms with Crippen LogP contribution in [0.5, 0.6) is 0 Å². The normalized spacial score (nSPS) is 14.6. The average Bonchev–Trinajstić information content (AvgIpc) is 3.33. The number of anilines is 1. The maximum absolute atomic E-state index is 13.3. The number of benzene rings is 2. The number of piperidine rings is 1. The molecule has 0 radical (unpaired) electrons. The molecule has 0 atom stereocenters. The van der Waals surface area contributed by atoms with Crippen molar-refractivity contribution >= 4 is 33.4 Å². The molecule has 2 aromatic heterocycles. The highest BCUT2D eigenvalue weighted by Gasteiger charge is 2.28. The minimum atomic E-state index is -0.0473. The fraction of sp³-hybridized carbons (Fsp3) is 0.240. The highest BCUT2D eigenvalue weighted by Crippen LogP contribution is 2.26. The Morgan fingerprint density at radius 1 is 1.00 bits per heavy atom. The third-order valence-corrected chi connectivity index (χ3v) is 6.83. The van der Waals surface area contributed by atoms with Crippen LogP contribution in [0.2, 0.25) is 0 Å². The molecule has 3 heterocycles. The number of hydrogen-bond acceptors (Lipinski definition) is 5. The van der Waals surface area contributed by atoms with Crippen molar-refractivity contribution in [3.63, 3.8) is 0 Å². The number of amides is 1. The van der Waals surface area contributed by atoms with Gasteiger partial charge in [0, 0.05) is 25.6 Å². The van der Waals surface area contributed by atoms with E-state index in [0.717, 1.165) is 29.6 Å². The molecule has 1 fully saturated rings. The smallest absolute Gasteiger partial charge is 0.277 e. The molecule has 0 bridgehead atoms. The molecule has 1 aliphatic rings. The Morgan fingerprint density at radius 3 is 2.41 bits per heavy atom. The third kappa shape index (κ3) is 4.03. The Hall–Kier alpha value is -3.45. The molecule has 1 aliphatic heterocycles. The van der Waals surface area contributed by atoms with Crippen LogP contribution in [0.1, 0.15) is 18.4 Å². The monoisotopic (exact) mass is 444 g/mol. The van der Waals surface area contributed by atoms with Gasteiger partial charge >= 0.3 is 0 Å². The summed E-state index contributed by atoms with van der Waals surface area (Å²) in [6, 6.07) is 21.5. The van der Waals surface area contributed by atoms with Crippen molar-refractivity contribution < 1.29 is 4.79 Å². The number of nitrogens with one attached hydrogen (secondary N) is 1. The standard InChI is InChI=1S/C25H24N4O2S/c30-23(26-17-18-7-3-1-4-8-18)19-11-14-28(15-12-19)25-27-21-13-16-32-22(21)24(31)29(25)20-9-5-2-6-10-20/h1-10,13,16,19H,11-12,14-15,17H2,(H,26,30). The molecule has 0 saturated carbocycles. The number of fused-ring (bicyclic) bond motifs is 1. The van der Waals surface area contributed by atoms with Gasteiger partial charge in [0.25, 0.3) is 5.56 Å². The number of carbonyl (C=O) groups is 1. The molecule has 0 unspecified atom stereocenters. The summed E-state index contributed by atoms with van der Waals surface area (Å²) < 4.78 is 2.36.